The van der Waals surface area contributed by atoms with Crippen molar-refractivity contribution in [2.75, 3.05) is 23.7 Å². The summed E-state index contributed by atoms with van der Waals surface area (Å²) in [6.45, 7) is 2.14. The van der Waals surface area contributed by atoms with Crippen LogP contribution in [0.5, 0.6) is 0 Å². The Morgan fingerprint density at radius 1 is 0.750 bits per heavy atom. The fraction of sp³-hybridized carbons (Fsp3) is 0.500. The molecule has 4 fully saturated rings. The third kappa shape index (κ3) is 3.74. The quantitative estimate of drug-likeness (QED) is 0.526. The van der Waals surface area contributed by atoms with Gasteiger partial charge in [-0.25, -0.2) is 0 Å². The number of halogens is 2. The van der Waals surface area contributed by atoms with Crippen LogP contribution in [0.2, 0.25) is 10.0 Å². The molecule has 0 spiro atoms. The molecular formula is C24H28Cl2N2. The van der Waals surface area contributed by atoms with Gasteiger partial charge in [0.1, 0.15) is 0 Å². The van der Waals surface area contributed by atoms with Gasteiger partial charge in [0.25, 0.3) is 0 Å². The molecule has 4 aliphatic rings. The van der Waals surface area contributed by atoms with Crippen LogP contribution >= 0.6 is 23.2 Å². The third-order valence-corrected chi connectivity index (χ3v) is 7.76. The minimum absolute atomic E-state index is 0.433. The number of anilines is 2. The van der Waals surface area contributed by atoms with Gasteiger partial charge in [0, 0.05) is 34.5 Å². The molecule has 2 aromatic carbocycles. The average molecular weight is 415 g/mol. The maximum absolute atomic E-state index is 6.17. The van der Waals surface area contributed by atoms with Crippen molar-refractivity contribution in [3.63, 3.8) is 0 Å². The van der Waals surface area contributed by atoms with Crippen LogP contribution in [0.4, 0.5) is 11.4 Å². The van der Waals surface area contributed by atoms with Crippen molar-refractivity contribution in [1.29, 1.82) is 0 Å². The maximum atomic E-state index is 6.17. The molecular weight excluding hydrogens is 387 g/mol. The van der Waals surface area contributed by atoms with E-state index in [0.29, 0.717) is 10.8 Å². The van der Waals surface area contributed by atoms with E-state index >= 15 is 0 Å². The Morgan fingerprint density at radius 3 is 1.64 bits per heavy atom. The van der Waals surface area contributed by atoms with Crippen LogP contribution in [0.15, 0.2) is 48.5 Å². The van der Waals surface area contributed by atoms with Gasteiger partial charge in [-0.1, -0.05) is 35.3 Å². The largest absolute Gasteiger partial charge is 0.384 e. The molecule has 0 saturated heterocycles. The summed E-state index contributed by atoms with van der Waals surface area (Å²) < 4.78 is 0. The van der Waals surface area contributed by atoms with Gasteiger partial charge in [-0.15, -0.1) is 0 Å². The molecule has 0 unspecified atom stereocenters. The highest BCUT2D eigenvalue weighted by molar-refractivity contribution is 6.31. The zero-order valence-corrected chi connectivity index (χ0v) is 17.7. The highest BCUT2D eigenvalue weighted by Crippen LogP contribution is 2.65. The van der Waals surface area contributed by atoms with Crippen molar-refractivity contribution >= 4 is 34.6 Å². The van der Waals surface area contributed by atoms with Gasteiger partial charge >= 0.3 is 0 Å². The smallest absolute Gasteiger partial charge is 0.0426 e. The topological polar surface area (TPSA) is 24.1 Å². The van der Waals surface area contributed by atoms with E-state index in [1.807, 2.05) is 36.4 Å². The van der Waals surface area contributed by atoms with Crippen LogP contribution < -0.4 is 10.6 Å². The van der Waals surface area contributed by atoms with Crippen LogP contribution in [-0.4, -0.2) is 13.1 Å². The van der Waals surface area contributed by atoms with Crippen LogP contribution in [0.3, 0.4) is 0 Å². The zero-order chi connectivity index (χ0) is 19.2. The van der Waals surface area contributed by atoms with Gasteiger partial charge in [0.2, 0.25) is 0 Å². The Labute approximate surface area is 178 Å². The second-order valence-electron chi connectivity index (χ2n) is 9.69. The normalized spacial score (nSPS) is 33.1. The molecule has 2 aromatic rings. The van der Waals surface area contributed by atoms with Crippen molar-refractivity contribution in [2.45, 2.75) is 38.5 Å². The van der Waals surface area contributed by atoms with Crippen LogP contribution in [0, 0.1) is 22.7 Å². The molecule has 4 aliphatic carbocycles. The van der Waals surface area contributed by atoms with Gasteiger partial charge in [0.05, 0.1) is 0 Å². The lowest BCUT2D eigenvalue weighted by Crippen LogP contribution is -2.56. The molecule has 0 aromatic heterocycles. The number of hydrogen-bond acceptors (Lipinski definition) is 2. The van der Waals surface area contributed by atoms with Crippen molar-refractivity contribution < 1.29 is 0 Å². The second-order valence-corrected chi connectivity index (χ2v) is 10.6. The van der Waals surface area contributed by atoms with Gasteiger partial charge in [-0.3, -0.25) is 0 Å². The first-order valence-electron chi connectivity index (χ1n) is 10.5. The third-order valence-electron chi connectivity index (χ3n) is 7.29. The molecule has 0 atom stereocenters. The highest BCUT2D eigenvalue weighted by Gasteiger charge is 2.57. The first-order valence-corrected chi connectivity index (χ1v) is 11.3. The van der Waals surface area contributed by atoms with Gasteiger partial charge in [-0.05, 0) is 97.6 Å². The van der Waals surface area contributed by atoms with Crippen molar-refractivity contribution in [3.05, 3.63) is 58.6 Å². The van der Waals surface area contributed by atoms with E-state index in [1.54, 1.807) is 0 Å². The first-order chi connectivity index (χ1) is 13.5. The fourth-order valence-corrected chi connectivity index (χ4v) is 7.22. The Bertz CT molecular complexity index is 784. The van der Waals surface area contributed by atoms with E-state index in [9.17, 15) is 0 Å². The Morgan fingerprint density at radius 2 is 1.21 bits per heavy atom. The molecule has 0 heterocycles. The predicted molar refractivity (Wildman–Crippen MR) is 119 cm³/mol. The number of benzene rings is 2. The van der Waals surface area contributed by atoms with Crippen LogP contribution in [0.25, 0.3) is 0 Å². The molecule has 4 heteroatoms. The van der Waals surface area contributed by atoms with Gasteiger partial charge < -0.3 is 10.6 Å². The van der Waals surface area contributed by atoms with E-state index in [4.69, 9.17) is 23.2 Å². The highest BCUT2D eigenvalue weighted by atomic mass is 35.5. The van der Waals surface area contributed by atoms with Crippen LogP contribution in [-0.2, 0) is 0 Å². The summed E-state index contributed by atoms with van der Waals surface area (Å²) in [5.74, 6) is 1.78. The van der Waals surface area contributed by atoms with Gasteiger partial charge in [-0.2, -0.15) is 0 Å². The van der Waals surface area contributed by atoms with Crippen molar-refractivity contribution in [1.82, 2.24) is 0 Å². The summed E-state index contributed by atoms with van der Waals surface area (Å²) in [7, 11) is 0. The van der Waals surface area contributed by atoms with E-state index in [-0.39, 0.29) is 0 Å². The number of nitrogens with one attached hydrogen (secondary N) is 2. The lowest BCUT2D eigenvalue weighted by atomic mass is 9.44. The standard InChI is InChI=1S/C24H28Cl2N2/c25-19-3-1-5-21(8-19)27-15-23-10-17-7-18(11-23)13-24(12-17,14-23)16-28-22-6-2-4-20(26)9-22/h1-6,8-9,17-18,27-28H,7,10-16H2. The Kier molecular flexibility index (Phi) is 4.76. The molecule has 0 amide bonds. The number of hydrogen-bond donors (Lipinski definition) is 2. The SMILES string of the molecule is Clc1cccc(NCC23CC4CC(C2)CC(CNc2cccc(Cl)c2)(C4)C3)c1. The summed E-state index contributed by atoms with van der Waals surface area (Å²) in [4.78, 5) is 0. The monoisotopic (exact) mass is 414 g/mol. The summed E-state index contributed by atoms with van der Waals surface area (Å²) in [6.07, 6.45) is 8.31. The Hall–Kier alpha value is -1.38. The van der Waals surface area contributed by atoms with Crippen LogP contribution in [0.1, 0.15) is 38.5 Å². The minimum atomic E-state index is 0.433. The molecule has 2 nitrogen and oxygen atoms in total. The first kappa shape index (κ1) is 18.6. The molecule has 4 bridgehead atoms. The molecule has 0 radical (unpaired) electrons. The molecule has 28 heavy (non-hydrogen) atoms. The maximum Gasteiger partial charge on any atom is 0.0426 e. The molecule has 148 valence electrons. The Balaban J connectivity index is 1.30. The predicted octanol–water partition coefficient (Wildman–Crippen LogP) is 7.10. The summed E-state index contributed by atoms with van der Waals surface area (Å²) in [5, 5.41) is 9.04. The summed E-state index contributed by atoms with van der Waals surface area (Å²) in [5.41, 5.74) is 3.16. The molecule has 0 aliphatic heterocycles. The molecule has 6 rings (SSSR count). The van der Waals surface area contributed by atoms with E-state index in [0.717, 1.165) is 46.3 Å². The zero-order valence-electron chi connectivity index (χ0n) is 16.2. The minimum Gasteiger partial charge on any atom is -0.384 e. The summed E-state index contributed by atoms with van der Waals surface area (Å²) in [6, 6.07) is 16.3. The second kappa shape index (κ2) is 7.15. The number of rotatable bonds is 6. The lowest BCUT2D eigenvalue weighted by Gasteiger charge is -2.62. The van der Waals surface area contributed by atoms with E-state index in [2.05, 4.69) is 22.8 Å². The fourth-order valence-electron chi connectivity index (χ4n) is 6.84. The van der Waals surface area contributed by atoms with Crippen molar-refractivity contribution in [3.8, 4) is 0 Å². The van der Waals surface area contributed by atoms with E-state index in [1.165, 1.54) is 38.5 Å². The lowest BCUT2D eigenvalue weighted by molar-refractivity contribution is -0.0970. The molecule has 4 saturated carbocycles. The summed E-state index contributed by atoms with van der Waals surface area (Å²) >= 11 is 12.3. The molecule has 2 N–H and O–H groups in total. The van der Waals surface area contributed by atoms with Crippen molar-refractivity contribution in [2.24, 2.45) is 22.7 Å². The van der Waals surface area contributed by atoms with Gasteiger partial charge in [0.15, 0.2) is 0 Å². The average Bonchev–Trinajstić information content (AvgIpc) is 2.64. The van der Waals surface area contributed by atoms with E-state index < -0.39 is 0 Å².